The molecule has 0 aliphatic carbocycles. The average molecular weight is 412 g/mol. The highest BCUT2D eigenvalue weighted by Crippen LogP contribution is 2.34. The SMILES string of the molecule is CC(C)COc1ccc(Oc2ccc3cc(C(C)CC(N)=O)ccc3c2)c(Cl)c1. The van der Waals surface area contributed by atoms with Crippen molar-refractivity contribution < 1.29 is 14.3 Å². The molecule has 1 atom stereocenters. The van der Waals surface area contributed by atoms with Crippen LogP contribution in [0.2, 0.25) is 5.02 Å². The smallest absolute Gasteiger partial charge is 0.218 e. The van der Waals surface area contributed by atoms with Crippen molar-refractivity contribution in [1.29, 1.82) is 0 Å². The number of carbonyl (C=O) groups excluding carboxylic acids is 1. The first kappa shape index (κ1) is 21.0. The van der Waals surface area contributed by atoms with E-state index in [1.807, 2.05) is 49.4 Å². The Morgan fingerprint density at radius 1 is 0.966 bits per heavy atom. The van der Waals surface area contributed by atoms with E-state index in [2.05, 4.69) is 19.9 Å². The summed E-state index contributed by atoms with van der Waals surface area (Å²) >= 11 is 6.37. The van der Waals surface area contributed by atoms with E-state index >= 15 is 0 Å². The Balaban J connectivity index is 1.76. The van der Waals surface area contributed by atoms with Crippen LogP contribution in [-0.2, 0) is 4.79 Å². The van der Waals surface area contributed by atoms with E-state index in [0.717, 1.165) is 22.1 Å². The fourth-order valence-electron chi connectivity index (χ4n) is 3.08. The Bertz CT molecular complexity index is 1020. The van der Waals surface area contributed by atoms with Gasteiger partial charge in [0.05, 0.1) is 11.6 Å². The van der Waals surface area contributed by atoms with Gasteiger partial charge in [-0.2, -0.15) is 0 Å². The van der Waals surface area contributed by atoms with Crippen molar-refractivity contribution in [3.63, 3.8) is 0 Å². The lowest BCUT2D eigenvalue weighted by Gasteiger charge is -2.13. The fraction of sp³-hybridized carbons (Fsp3) is 0.292. The van der Waals surface area contributed by atoms with Gasteiger partial charge in [-0.25, -0.2) is 0 Å². The van der Waals surface area contributed by atoms with Crippen LogP contribution in [0.25, 0.3) is 10.8 Å². The normalized spacial score (nSPS) is 12.2. The minimum absolute atomic E-state index is 0.0862. The summed E-state index contributed by atoms with van der Waals surface area (Å²) in [7, 11) is 0. The first-order valence-electron chi connectivity index (χ1n) is 9.74. The average Bonchev–Trinajstić information content (AvgIpc) is 2.67. The third-order valence-corrected chi connectivity index (χ3v) is 4.92. The van der Waals surface area contributed by atoms with Gasteiger partial charge in [-0.3, -0.25) is 4.79 Å². The predicted octanol–water partition coefficient (Wildman–Crippen LogP) is 6.30. The number of rotatable bonds is 8. The van der Waals surface area contributed by atoms with Crippen LogP contribution in [0, 0.1) is 5.92 Å². The van der Waals surface area contributed by atoms with E-state index in [1.54, 1.807) is 6.07 Å². The predicted molar refractivity (Wildman–Crippen MR) is 118 cm³/mol. The lowest BCUT2D eigenvalue weighted by atomic mass is 9.95. The molecule has 0 saturated carbocycles. The summed E-state index contributed by atoms with van der Waals surface area (Å²) in [4.78, 5) is 11.2. The monoisotopic (exact) mass is 411 g/mol. The van der Waals surface area contributed by atoms with Gasteiger partial charge in [0.1, 0.15) is 17.2 Å². The molecule has 2 N–H and O–H groups in total. The first-order valence-corrected chi connectivity index (χ1v) is 10.1. The number of hydrogen-bond acceptors (Lipinski definition) is 3. The van der Waals surface area contributed by atoms with Gasteiger partial charge < -0.3 is 15.2 Å². The Kier molecular flexibility index (Phi) is 6.65. The second-order valence-electron chi connectivity index (χ2n) is 7.74. The first-order chi connectivity index (χ1) is 13.8. The molecule has 4 nitrogen and oxygen atoms in total. The maximum Gasteiger partial charge on any atom is 0.218 e. The highest BCUT2D eigenvalue weighted by molar-refractivity contribution is 6.32. The minimum Gasteiger partial charge on any atom is -0.493 e. The molecular weight excluding hydrogens is 386 g/mol. The Morgan fingerprint density at radius 2 is 1.66 bits per heavy atom. The highest BCUT2D eigenvalue weighted by Gasteiger charge is 2.11. The molecule has 0 bridgehead atoms. The maximum absolute atomic E-state index is 11.2. The molecule has 5 heteroatoms. The lowest BCUT2D eigenvalue weighted by molar-refractivity contribution is -0.118. The molecule has 1 amide bonds. The van der Waals surface area contributed by atoms with Crippen LogP contribution in [0.3, 0.4) is 0 Å². The second-order valence-corrected chi connectivity index (χ2v) is 8.15. The van der Waals surface area contributed by atoms with Gasteiger partial charge in [-0.15, -0.1) is 0 Å². The molecule has 0 fully saturated rings. The zero-order valence-corrected chi connectivity index (χ0v) is 17.7. The molecule has 0 spiro atoms. The summed E-state index contributed by atoms with van der Waals surface area (Å²) in [5.41, 5.74) is 6.40. The molecule has 3 aromatic carbocycles. The molecule has 1 unspecified atom stereocenters. The van der Waals surface area contributed by atoms with E-state index in [9.17, 15) is 4.79 Å². The van der Waals surface area contributed by atoms with Gasteiger partial charge in [-0.05, 0) is 52.4 Å². The number of carbonyl (C=O) groups is 1. The second kappa shape index (κ2) is 9.19. The Labute approximate surface area is 176 Å². The van der Waals surface area contributed by atoms with Gasteiger partial charge in [-0.1, -0.05) is 56.6 Å². The largest absolute Gasteiger partial charge is 0.493 e. The Hall–Kier alpha value is -2.72. The van der Waals surface area contributed by atoms with Crippen LogP contribution in [0.4, 0.5) is 0 Å². The number of fused-ring (bicyclic) bond motifs is 1. The van der Waals surface area contributed by atoms with Crippen molar-refractivity contribution in [3.05, 3.63) is 65.2 Å². The topological polar surface area (TPSA) is 61.6 Å². The number of ether oxygens (including phenoxy) is 2. The minimum atomic E-state index is -0.293. The number of amides is 1. The van der Waals surface area contributed by atoms with Crippen molar-refractivity contribution in [3.8, 4) is 17.2 Å². The highest BCUT2D eigenvalue weighted by atomic mass is 35.5. The molecule has 152 valence electrons. The van der Waals surface area contributed by atoms with E-state index in [-0.39, 0.29) is 11.8 Å². The lowest BCUT2D eigenvalue weighted by Crippen LogP contribution is -2.13. The third-order valence-electron chi connectivity index (χ3n) is 4.63. The van der Waals surface area contributed by atoms with Gasteiger partial charge >= 0.3 is 0 Å². The van der Waals surface area contributed by atoms with Crippen molar-refractivity contribution in [1.82, 2.24) is 0 Å². The number of benzene rings is 3. The number of nitrogens with two attached hydrogens (primary N) is 1. The molecule has 0 saturated heterocycles. The van der Waals surface area contributed by atoms with Gasteiger partial charge in [0, 0.05) is 12.5 Å². The maximum atomic E-state index is 11.2. The summed E-state index contributed by atoms with van der Waals surface area (Å²) in [6.45, 7) is 6.83. The van der Waals surface area contributed by atoms with Crippen molar-refractivity contribution in [2.45, 2.75) is 33.1 Å². The summed E-state index contributed by atoms with van der Waals surface area (Å²) < 4.78 is 11.7. The van der Waals surface area contributed by atoms with Crippen molar-refractivity contribution in [2.24, 2.45) is 11.7 Å². The molecule has 0 aromatic heterocycles. The molecule has 3 rings (SSSR count). The van der Waals surface area contributed by atoms with Gasteiger partial charge in [0.15, 0.2) is 0 Å². The summed E-state index contributed by atoms with van der Waals surface area (Å²) in [5.74, 6) is 2.25. The number of halogens is 1. The van der Waals surface area contributed by atoms with Crippen molar-refractivity contribution in [2.75, 3.05) is 6.61 Å². The molecule has 0 aliphatic rings. The zero-order valence-electron chi connectivity index (χ0n) is 16.9. The van der Waals surface area contributed by atoms with Crippen LogP contribution < -0.4 is 15.2 Å². The molecule has 29 heavy (non-hydrogen) atoms. The van der Waals surface area contributed by atoms with Crippen molar-refractivity contribution >= 4 is 28.3 Å². The van der Waals surface area contributed by atoms with Gasteiger partial charge in [0.2, 0.25) is 5.91 Å². The standard InChI is InChI=1S/C24H26ClNO3/c1-15(2)14-28-20-8-9-23(22(25)13-20)29-21-7-6-18-11-17(4-5-19(18)12-21)16(3)10-24(26)27/h4-9,11-13,15-16H,10,14H2,1-3H3,(H2,26,27). The zero-order chi connectivity index (χ0) is 21.0. The van der Waals surface area contributed by atoms with E-state index in [0.29, 0.717) is 35.5 Å². The fourth-order valence-corrected chi connectivity index (χ4v) is 3.29. The van der Waals surface area contributed by atoms with Crippen LogP contribution in [0.5, 0.6) is 17.2 Å². The summed E-state index contributed by atoms with van der Waals surface area (Å²) in [6.07, 6.45) is 0.335. The van der Waals surface area contributed by atoms with E-state index in [4.69, 9.17) is 26.8 Å². The number of hydrogen-bond donors (Lipinski definition) is 1. The number of primary amides is 1. The summed E-state index contributed by atoms with van der Waals surface area (Å²) in [6, 6.07) is 17.5. The van der Waals surface area contributed by atoms with Gasteiger partial charge in [0.25, 0.3) is 0 Å². The Morgan fingerprint density at radius 3 is 2.34 bits per heavy atom. The molecular formula is C24H26ClNO3. The molecule has 0 aliphatic heterocycles. The van der Waals surface area contributed by atoms with Crippen LogP contribution >= 0.6 is 11.6 Å². The molecule has 0 radical (unpaired) electrons. The third kappa shape index (κ3) is 5.64. The van der Waals surface area contributed by atoms with Crippen LogP contribution in [0.15, 0.2) is 54.6 Å². The molecule has 0 heterocycles. The summed E-state index contributed by atoms with van der Waals surface area (Å²) in [5, 5.41) is 2.63. The molecule has 3 aromatic rings. The van der Waals surface area contributed by atoms with Crippen LogP contribution in [-0.4, -0.2) is 12.5 Å². The van der Waals surface area contributed by atoms with Crippen LogP contribution in [0.1, 0.15) is 38.7 Å². The quantitative estimate of drug-likeness (QED) is 0.473. The van der Waals surface area contributed by atoms with E-state index < -0.39 is 0 Å². The van der Waals surface area contributed by atoms with E-state index in [1.165, 1.54) is 0 Å².